The minimum atomic E-state index is 0.0560. The molecule has 0 radical (unpaired) electrons. The van der Waals surface area contributed by atoms with Crippen LogP contribution in [-0.2, 0) is 11.3 Å². The zero-order chi connectivity index (χ0) is 19.8. The smallest absolute Gasteiger partial charge is 0.224 e. The molecule has 2 aromatic rings. The lowest BCUT2D eigenvalue weighted by molar-refractivity contribution is -0.126. The van der Waals surface area contributed by atoms with Gasteiger partial charge in [-0.3, -0.25) is 4.79 Å². The Kier molecular flexibility index (Phi) is 7.25. The molecule has 1 aromatic carbocycles. The molecule has 0 unspecified atom stereocenters. The van der Waals surface area contributed by atoms with E-state index in [1.54, 1.807) is 6.20 Å². The standard InChI is InChI=1S/C22H29N3O3/c1-3-13-27-19-8-4-5-9-20(19)28-22-18(7-6-11-24-22)15-25-21(26)17-10-12-23-16(2)14-17/h4-9,11,16-17,23H,3,10,12-15H2,1-2H3,(H,25,26)/t16-,17-/m0/s1. The van der Waals surface area contributed by atoms with Crippen LogP contribution in [0.4, 0.5) is 0 Å². The van der Waals surface area contributed by atoms with E-state index >= 15 is 0 Å². The van der Waals surface area contributed by atoms with E-state index in [0.717, 1.165) is 31.4 Å². The molecule has 0 aliphatic carbocycles. The van der Waals surface area contributed by atoms with Crippen molar-refractivity contribution in [2.24, 2.45) is 5.92 Å². The summed E-state index contributed by atoms with van der Waals surface area (Å²) in [5.41, 5.74) is 0.836. The number of carbonyl (C=O) groups excluding carboxylic acids is 1. The van der Waals surface area contributed by atoms with Crippen LogP contribution in [0.15, 0.2) is 42.6 Å². The Morgan fingerprint density at radius 2 is 2.07 bits per heavy atom. The third-order valence-corrected chi connectivity index (χ3v) is 4.81. The Balaban J connectivity index is 1.66. The third kappa shape index (κ3) is 5.45. The predicted octanol–water partition coefficient (Wildman–Crippen LogP) is 3.67. The lowest BCUT2D eigenvalue weighted by Crippen LogP contribution is -2.42. The zero-order valence-electron chi connectivity index (χ0n) is 16.6. The van der Waals surface area contributed by atoms with Crippen LogP contribution in [0, 0.1) is 5.92 Å². The van der Waals surface area contributed by atoms with Crippen molar-refractivity contribution in [1.82, 2.24) is 15.6 Å². The Labute approximate surface area is 166 Å². The molecular weight excluding hydrogens is 354 g/mol. The second-order valence-electron chi connectivity index (χ2n) is 7.16. The molecule has 6 nitrogen and oxygen atoms in total. The molecule has 0 bridgehead atoms. The molecule has 6 heteroatoms. The van der Waals surface area contributed by atoms with Gasteiger partial charge in [0, 0.05) is 30.3 Å². The number of amides is 1. The quantitative estimate of drug-likeness (QED) is 0.728. The number of nitrogens with zero attached hydrogens (tertiary/aromatic N) is 1. The van der Waals surface area contributed by atoms with Gasteiger partial charge in [0.15, 0.2) is 11.5 Å². The summed E-state index contributed by atoms with van der Waals surface area (Å²) < 4.78 is 11.8. The molecule has 0 saturated carbocycles. The van der Waals surface area contributed by atoms with Crippen molar-refractivity contribution in [2.45, 2.75) is 45.7 Å². The first-order valence-electron chi connectivity index (χ1n) is 10.0. The summed E-state index contributed by atoms with van der Waals surface area (Å²) in [6.45, 7) is 6.07. The molecule has 3 rings (SSSR count). The number of piperidine rings is 1. The van der Waals surface area contributed by atoms with Crippen LogP contribution >= 0.6 is 0 Å². The highest BCUT2D eigenvalue weighted by Crippen LogP contribution is 2.32. The van der Waals surface area contributed by atoms with Gasteiger partial charge in [0.2, 0.25) is 11.8 Å². The van der Waals surface area contributed by atoms with Gasteiger partial charge in [-0.15, -0.1) is 0 Å². The van der Waals surface area contributed by atoms with Crippen molar-refractivity contribution in [3.63, 3.8) is 0 Å². The second kappa shape index (κ2) is 10.1. The molecule has 0 spiro atoms. The number of hydrogen-bond donors (Lipinski definition) is 2. The zero-order valence-corrected chi connectivity index (χ0v) is 16.6. The molecule has 1 saturated heterocycles. The van der Waals surface area contributed by atoms with Crippen molar-refractivity contribution in [3.8, 4) is 17.4 Å². The minimum absolute atomic E-state index is 0.0560. The molecule has 2 N–H and O–H groups in total. The van der Waals surface area contributed by atoms with Gasteiger partial charge in [0.05, 0.1) is 6.61 Å². The summed E-state index contributed by atoms with van der Waals surface area (Å²) in [4.78, 5) is 16.9. The molecule has 1 amide bonds. The van der Waals surface area contributed by atoms with Gasteiger partial charge in [-0.25, -0.2) is 4.98 Å². The lowest BCUT2D eigenvalue weighted by Gasteiger charge is -2.27. The van der Waals surface area contributed by atoms with Crippen LogP contribution in [0.3, 0.4) is 0 Å². The number of pyridine rings is 1. The number of benzene rings is 1. The summed E-state index contributed by atoms with van der Waals surface area (Å²) in [7, 11) is 0. The van der Waals surface area contributed by atoms with Gasteiger partial charge < -0.3 is 20.1 Å². The van der Waals surface area contributed by atoms with Gasteiger partial charge in [0.25, 0.3) is 0 Å². The highest BCUT2D eigenvalue weighted by Gasteiger charge is 2.24. The Morgan fingerprint density at radius 3 is 2.86 bits per heavy atom. The number of ether oxygens (including phenoxy) is 2. The lowest BCUT2D eigenvalue weighted by atomic mass is 9.92. The van der Waals surface area contributed by atoms with Gasteiger partial charge in [-0.1, -0.05) is 25.1 Å². The van der Waals surface area contributed by atoms with E-state index in [0.29, 0.717) is 36.6 Å². The first-order chi connectivity index (χ1) is 13.7. The van der Waals surface area contributed by atoms with Gasteiger partial charge in [0.1, 0.15) is 0 Å². The van der Waals surface area contributed by atoms with E-state index < -0.39 is 0 Å². The summed E-state index contributed by atoms with van der Waals surface area (Å²) in [5, 5.41) is 6.42. The third-order valence-electron chi connectivity index (χ3n) is 4.81. The molecule has 1 fully saturated rings. The molecule has 150 valence electrons. The predicted molar refractivity (Wildman–Crippen MR) is 109 cm³/mol. The van der Waals surface area contributed by atoms with E-state index in [2.05, 4.69) is 29.5 Å². The maximum Gasteiger partial charge on any atom is 0.224 e. The van der Waals surface area contributed by atoms with E-state index in [1.807, 2.05) is 36.4 Å². The monoisotopic (exact) mass is 383 g/mol. The van der Waals surface area contributed by atoms with Crippen molar-refractivity contribution in [2.75, 3.05) is 13.2 Å². The normalized spacial score (nSPS) is 19.1. The maximum absolute atomic E-state index is 12.5. The van der Waals surface area contributed by atoms with Crippen molar-refractivity contribution >= 4 is 5.91 Å². The summed E-state index contributed by atoms with van der Waals surface area (Å²) in [6.07, 6.45) is 4.34. The Hall–Kier alpha value is -2.60. The topological polar surface area (TPSA) is 72.5 Å². The second-order valence-corrected chi connectivity index (χ2v) is 7.16. The van der Waals surface area contributed by atoms with E-state index in [9.17, 15) is 4.79 Å². The fourth-order valence-electron chi connectivity index (χ4n) is 3.32. The van der Waals surface area contributed by atoms with Crippen molar-refractivity contribution in [3.05, 3.63) is 48.2 Å². The van der Waals surface area contributed by atoms with Crippen LogP contribution in [0.5, 0.6) is 17.4 Å². The molecule has 1 aliphatic rings. The molecule has 2 atom stereocenters. The molecular formula is C22H29N3O3. The fraction of sp³-hybridized carbons (Fsp3) is 0.455. The van der Waals surface area contributed by atoms with Crippen LogP contribution in [-0.4, -0.2) is 30.1 Å². The Bertz CT molecular complexity index is 781. The van der Waals surface area contributed by atoms with Gasteiger partial charge in [-0.2, -0.15) is 0 Å². The maximum atomic E-state index is 12.5. The largest absolute Gasteiger partial charge is 0.490 e. The van der Waals surface area contributed by atoms with Gasteiger partial charge >= 0.3 is 0 Å². The number of para-hydroxylation sites is 2. The Morgan fingerprint density at radius 1 is 1.25 bits per heavy atom. The molecule has 1 aliphatic heterocycles. The van der Waals surface area contributed by atoms with E-state index in [4.69, 9.17) is 9.47 Å². The number of aromatic nitrogens is 1. The average molecular weight is 383 g/mol. The SMILES string of the molecule is CCCOc1ccccc1Oc1ncccc1CNC(=O)[C@H]1CCN[C@@H](C)C1. The number of nitrogens with one attached hydrogen (secondary N) is 2. The highest BCUT2D eigenvalue weighted by atomic mass is 16.5. The number of rotatable bonds is 8. The van der Waals surface area contributed by atoms with Crippen LogP contribution in [0.25, 0.3) is 0 Å². The van der Waals surface area contributed by atoms with Crippen molar-refractivity contribution in [1.29, 1.82) is 0 Å². The highest BCUT2D eigenvalue weighted by molar-refractivity contribution is 5.78. The van der Waals surface area contributed by atoms with E-state index in [-0.39, 0.29) is 11.8 Å². The van der Waals surface area contributed by atoms with E-state index in [1.165, 1.54) is 0 Å². The number of hydrogen-bond acceptors (Lipinski definition) is 5. The summed E-state index contributed by atoms with van der Waals surface area (Å²) in [6, 6.07) is 11.7. The minimum Gasteiger partial charge on any atom is -0.490 e. The average Bonchev–Trinajstić information content (AvgIpc) is 2.72. The molecule has 28 heavy (non-hydrogen) atoms. The first kappa shape index (κ1) is 20.1. The first-order valence-corrected chi connectivity index (χ1v) is 10.0. The molecule has 1 aromatic heterocycles. The number of carbonyl (C=O) groups is 1. The van der Waals surface area contributed by atoms with Crippen LogP contribution in [0.2, 0.25) is 0 Å². The van der Waals surface area contributed by atoms with Crippen molar-refractivity contribution < 1.29 is 14.3 Å². The van der Waals surface area contributed by atoms with Crippen LogP contribution in [0.1, 0.15) is 38.7 Å². The summed E-state index contributed by atoms with van der Waals surface area (Å²) >= 11 is 0. The van der Waals surface area contributed by atoms with Gasteiger partial charge in [-0.05, 0) is 50.9 Å². The van der Waals surface area contributed by atoms with Crippen LogP contribution < -0.4 is 20.1 Å². The summed E-state index contributed by atoms with van der Waals surface area (Å²) in [5.74, 6) is 1.94. The fourth-order valence-corrected chi connectivity index (χ4v) is 3.32. The molecule has 2 heterocycles.